The van der Waals surface area contributed by atoms with Gasteiger partial charge in [-0.15, -0.1) is 0 Å². The van der Waals surface area contributed by atoms with E-state index in [1.54, 1.807) is 6.92 Å². The minimum absolute atomic E-state index is 0.0271. The van der Waals surface area contributed by atoms with Crippen LogP contribution in [0.2, 0.25) is 5.28 Å². The molecule has 0 atom stereocenters. The molecule has 0 aliphatic rings. The molecule has 0 aromatic carbocycles. The molecule has 0 radical (unpaired) electrons. The zero-order valence-electron chi connectivity index (χ0n) is 8.06. The summed E-state index contributed by atoms with van der Waals surface area (Å²) in [4.78, 5) is 18.6. The van der Waals surface area contributed by atoms with Crippen molar-refractivity contribution in [2.45, 2.75) is 6.92 Å². The summed E-state index contributed by atoms with van der Waals surface area (Å²) in [7, 11) is 1.39. The number of nitrogens with zero attached hydrogens (tertiary/aromatic N) is 3. The number of urea groups is 1. The van der Waals surface area contributed by atoms with Crippen molar-refractivity contribution < 1.29 is 9.53 Å². The number of hydrogen-bond donors (Lipinski definition) is 2. The maximum absolute atomic E-state index is 10.9. The number of hydrogen-bond acceptors (Lipinski definition) is 5. The van der Waals surface area contributed by atoms with Gasteiger partial charge >= 0.3 is 6.03 Å². The largest absolute Gasteiger partial charge is 0.479 e. The number of nitrogens with two attached hydrogens (primary N) is 1. The number of halogens is 1. The second-order valence-electron chi connectivity index (χ2n) is 2.59. The Labute approximate surface area is 96.9 Å². The molecule has 1 heterocycles. The van der Waals surface area contributed by atoms with Crippen LogP contribution in [0.15, 0.2) is 0 Å². The average Bonchev–Trinajstić information content (AvgIpc) is 2.15. The van der Waals surface area contributed by atoms with Gasteiger partial charge in [-0.25, -0.2) is 14.1 Å². The third-order valence-electron chi connectivity index (χ3n) is 1.61. The third kappa shape index (κ3) is 2.42. The van der Waals surface area contributed by atoms with Crippen molar-refractivity contribution in [1.82, 2.24) is 9.97 Å². The summed E-state index contributed by atoms with van der Waals surface area (Å²) in [5.74, 6) is 0.140. The highest BCUT2D eigenvalue weighted by Crippen LogP contribution is 2.30. The Morgan fingerprint density at radius 2 is 2.20 bits per heavy atom. The summed E-state index contributed by atoms with van der Waals surface area (Å²) in [6.45, 7) is 1.64. The number of aryl methyl sites for hydroxylation is 1. The van der Waals surface area contributed by atoms with Crippen LogP contribution in [0.3, 0.4) is 0 Å². The van der Waals surface area contributed by atoms with Crippen molar-refractivity contribution in [2.24, 2.45) is 5.73 Å². The summed E-state index contributed by atoms with van der Waals surface area (Å²) in [6.07, 6.45) is 0. The zero-order valence-corrected chi connectivity index (χ0v) is 9.71. The van der Waals surface area contributed by atoms with Gasteiger partial charge in [0.1, 0.15) is 5.69 Å². The molecule has 0 saturated carbocycles. The van der Waals surface area contributed by atoms with Gasteiger partial charge in [0.2, 0.25) is 11.2 Å². The topological polar surface area (TPSA) is 81.3 Å². The summed E-state index contributed by atoms with van der Waals surface area (Å²) in [5, 5.41) is 0.0271. The lowest BCUT2D eigenvalue weighted by atomic mass is 10.3. The highest BCUT2D eigenvalue weighted by atomic mass is 35.5. The van der Waals surface area contributed by atoms with Crippen LogP contribution in [0.25, 0.3) is 0 Å². The molecular formula is C7H9ClN4O2S. The molecule has 0 spiro atoms. The van der Waals surface area contributed by atoms with E-state index in [-0.39, 0.29) is 16.9 Å². The van der Waals surface area contributed by atoms with Crippen LogP contribution in [0, 0.1) is 6.92 Å². The lowest BCUT2D eigenvalue weighted by molar-refractivity contribution is 0.257. The zero-order chi connectivity index (χ0) is 11.6. The van der Waals surface area contributed by atoms with E-state index in [1.807, 2.05) is 0 Å². The fraction of sp³-hybridized carbons (Fsp3) is 0.286. The van der Waals surface area contributed by atoms with Crippen molar-refractivity contribution >= 4 is 36.1 Å². The number of thiol groups is 1. The molecule has 0 fully saturated rings. The van der Waals surface area contributed by atoms with Crippen molar-refractivity contribution in [3.8, 4) is 5.88 Å². The number of ether oxygens (including phenoxy) is 1. The van der Waals surface area contributed by atoms with E-state index in [0.29, 0.717) is 5.69 Å². The SMILES string of the molecule is COc1nc(Cl)nc(C)c1N(S)C(N)=O. The highest BCUT2D eigenvalue weighted by molar-refractivity contribution is 7.82. The molecule has 1 aromatic rings. The van der Waals surface area contributed by atoms with Gasteiger partial charge in [-0.3, -0.25) is 0 Å². The predicted molar refractivity (Wildman–Crippen MR) is 59.4 cm³/mol. The first-order chi connectivity index (χ1) is 6.97. The van der Waals surface area contributed by atoms with Gasteiger partial charge in [0.05, 0.1) is 12.8 Å². The van der Waals surface area contributed by atoms with Gasteiger partial charge in [-0.2, -0.15) is 4.98 Å². The van der Waals surface area contributed by atoms with E-state index < -0.39 is 6.03 Å². The maximum atomic E-state index is 10.9. The maximum Gasteiger partial charge on any atom is 0.329 e. The molecule has 0 aliphatic carbocycles. The first kappa shape index (κ1) is 11.9. The molecule has 1 rings (SSSR count). The monoisotopic (exact) mass is 248 g/mol. The summed E-state index contributed by atoms with van der Waals surface area (Å²) >= 11 is 9.52. The van der Waals surface area contributed by atoms with Crippen molar-refractivity contribution in [2.75, 3.05) is 11.4 Å². The van der Waals surface area contributed by atoms with Crippen molar-refractivity contribution in [3.63, 3.8) is 0 Å². The Morgan fingerprint density at radius 3 is 2.67 bits per heavy atom. The van der Waals surface area contributed by atoms with E-state index in [1.165, 1.54) is 7.11 Å². The average molecular weight is 249 g/mol. The molecule has 0 unspecified atom stereocenters. The van der Waals surface area contributed by atoms with E-state index >= 15 is 0 Å². The van der Waals surface area contributed by atoms with Crippen LogP contribution in [0.4, 0.5) is 10.5 Å². The number of amides is 2. The number of aromatic nitrogens is 2. The van der Waals surface area contributed by atoms with Gasteiger partial charge in [0.25, 0.3) is 0 Å². The molecular weight excluding hydrogens is 240 g/mol. The van der Waals surface area contributed by atoms with Crippen molar-refractivity contribution in [3.05, 3.63) is 11.0 Å². The molecule has 6 nitrogen and oxygen atoms in total. The standard InChI is InChI=1S/C7H9ClN4O2S/c1-3-4(12(15)7(9)13)5(14-2)11-6(8)10-3/h15H,1-2H3,(H2,9,13). The number of anilines is 1. The molecule has 2 N–H and O–H groups in total. The first-order valence-corrected chi connectivity index (χ1v) is 4.61. The van der Waals surface area contributed by atoms with Crippen LogP contribution >= 0.6 is 24.4 Å². The molecule has 0 saturated heterocycles. The van der Waals surface area contributed by atoms with Gasteiger partial charge in [-0.1, -0.05) is 12.8 Å². The van der Waals surface area contributed by atoms with Crippen molar-refractivity contribution in [1.29, 1.82) is 0 Å². The number of rotatable bonds is 2. The summed E-state index contributed by atoms with van der Waals surface area (Å²) in [6, 6.07) is -0.759. The van der Waals surface area contributed by atoms with E-state index in [4.69, 9.17) is 22.1 Å². The highest BCUT2D eigenvalue weighted by Gasteiger charge is 2.19. The molecule has 0 aliphatic heterocycles. The van der Waals surface area contributed by atoms with E-state index in [0.717, 1.165) is 4.31 Å². The Balaban J connectivity index is 3.32. The summed E-state index contributed by atoms with van der Waals surface area (Å²) in [5.41, 5.74) is 5.79. The van der Waals surface area contributed by atoms with Crippen LogP contribution in [0.5, 0.6) is 5.88 Å². The number of carbonyl (C=O) groups is 1. The molecule has 2 amide bonds. The van der Waals surface area contributed by atoms with E-state index in [2.05, 4.69) is 22.8 Å². The minimum atomic E-state index is -0.759. The quantitative estimate of drug-likeness (QED) is 0.608. The molecule has 1 aromatic heterocycles. The van der Waals surface area contributed by atoms with Gasteiger partial charge < -0.3 is 10.5 Å². The fourth-order valence-corrected chi connectivity index (χ4v) is 1.44. The number of carbonyl (C=O) groups excluding carboxylic acids is 1. The smallest absolute Gasteiger partial charge is 0.329 e. The van der Waals surface area contributed by atoms with Gasteiger partial charge in [-0.05, 0) is 18.5 Å². The second kappa shape index (κ2) is 4.54. The van der Waals surface area contributed by atoms with Crippen LogP contribution in [-0.2, 0) is 0 Å². The summed E-state index contributed by atoms with van der Waals surface area (Å²) < 4.78 is 5.84. The van der Waals surface area contributed by atoms with Gasteiger partial charge in [0, 0.05) is 0 Å². The molecule has 82 valence electrons. The number of primary amides is 1. The second-order valence-corrected chi connectivity index (χ2v) is 3.32. The van der Waals surface area contributed by atoms with Gasteiger partial charge in [0.15, 0.2) is 0 Å². The Hall–Kier alpha value is -1.21. The molecule has 8 heteroatoms. The normalized spacial score (nSPS) is 9.87. The Bertz CT molecular complexity index is 401. The minimum Gasteiger partial charge on any atom is -0.479 e. The molecule has 0 bridgehead atoms. The number of methoxy groups -OCH3 is 1. The Morgan fingerprint density at radius 1 is 1.60 bits per heavy atom. The van der Waals surface area contributed by atoms with Crippen LogP contribution in [0.1, 0.15) is 5.69 Å². The lowest BCUT2D eigenvalue weighted by Crippen LogP contribution is -2.28. The first-order valence-electron chi connectivity index (χ1n) is 3.84. The van der Waals surface area contributed by atoms with E-state index in [9.17, 15) is 4.79 Å². The van der Waals surface area contributed by atoms with Crippen LogP contribution < -0.4 is 14.8 Å². The molecule has 15 heavy (non-hydrogen) atoms. The lowest BCUT2D eigenvalue weighted by Gasteiger charge is -2.16. The fourth-order valence-electron chi connectivity index (χ4n) is 1.00. The van der Waals surface area contributed by atoms with Crippen LogP contribution in [-0.4, -0.2) is 23.1 Å². The Kier molecular flexibility index (Phi) is 3.59. The predicted octanol–water partition coefficient (Wildman–Crippen LogP) is 1.18. The third-order valence-corrected chi connectivity index (χ3v) is 2.18.